The molecule has 2 aromatic rings. The number of hydrogen-bond donors (Lipinski definition) is 0. The number of nitrogens with zero attached hydrogens (tertiary/aromatic N) is 1. The van der Waals surface area contributed by atoms with Crippen molar-refractivity contribution >= 4 is 22.7 Å². The van der Waals surface area contributed by atoms with Crippen molar-refractivity contribution in [3.8, 4) is 0 Å². The average Bonchev–Trinajstić information content (AvgIpc) is 2.88. The van der Waals surface area contributed by atoms with Crippen LogP contribution in [0.3, 0.4) is 0 Å². The summed E-state index contributed by atoms with van der Waals surface area (Å²) in [6.45, 7) is 4.45. The average molecular weight is 237 g/mol. The lowest BCUT2D eigenvalue weighted by Crippen LogP contribution is -1.92. The molecule has 2 aromatic heterocycles. The molecule has 0 saturated carbocycles. The molecule has 15 heavy (non-hydrogen) atoms. The number of thiazole rings is 1. The van der Waals surface area contributed by atoms with E-state index in [-0.39, 0.29) is 0 Å². The maximum atomic E-state index is 4.68. The zero-order valence-corrected chi connectivity index (χ0v) is 10.7. The van der Waals surface area contributed by atoms with Gasteiger partial charge in [-0.2, -0.15) is 0 Å². The van der Waals surface area contributed by atoms with Crippen LogP contribution in [0.1, 0.15) is 41.8 Å². The van der Waals surface area contributed by atoms with Crippen LogP contribution in [0.15, 0.2) is 22.9 Å². The largest absolute Gasteiger partial charge is 0.246 e. The first-order chi connectivity index (χ1) is 7.29. The Labute approximate surface area is 98.8 Å². The minimum Gasteiger partial charge on any atom is -0.246 e. The monoisotopic (exact) mass is 237 g/mol. The van der Waals surface area contributed by atoms with Gasteiger partial charge in [0.15, 0.2) is 0 Å². The standard InChI is InChI=1S/C12H15NS2/c1-3-9(2)11-8-15-12(13-11)7-10-5-4-6-14-10/h4-6,8-9H,3,7H2,1-2H3. The van der Waals surface area contributed by atoms with Gasteiger partial charge in [-0.15, -0.1) is 22.7 Å². The second kappa shape index (κ2) is 4.90. The van der Waals surface area contributed by atoms with Gasteiger partial charge in [-0.05, 0) is 23.8 Å². The van der Waals surface area contributed by atoms with Gasteiger partial charge in [-0.1, -0.05) is 19.9 Å². The molecule has 0 aromatic carbocycles. The molecule has 0 aliphatic heterocycles. The van der Waals surface area contributed by atoms with Gasteiger partial charge in [0.2, 0.25) is 0 Å². The minimum absolute atomic E-state index is 0.596. The van der Waals surface area contributed by atoms with Gasteiger partial charge in [0.1, 0.15) is 0 Å². The van der Waals surface area contributed by atoms with E-state index in [4.69, 9.17) is 0 Å². The Morgan fingerprint density at radius 1 is 1.40 bits per heavy atom. The smallest absolute Gasteiger partial charge is 0.0980 e. The zero-order chi connectivity index (χ0) is 10.7. The Kier molecular flexibility index (Phi) is 3.54. The predicted molar refractivity (Wildman–Crippen MR) is 67.9 cm³/mol. The van der Waals surface area contributed by atoms with Crippen LogP contribution in [0.2, 0.25) is 0 Å². The van der Waals surface area contributed by atoms with Gasteiger partial charge in [0.05, 0.1) is 10.7 Å². The second-order valence-corrected chi connectivity index (χ2v) is 5.71. The Bertz CT molecular complexity index is 403. The number of rotatable bonds is 4. The summed E-state index contributed by atoms with van der Waals surface area (Å²) >= 11 is 3.59. The van der Waals surface area contributed by atoms with E-state index in [9.17, 15) is 0 Å². The molecule has 0 N–H and O–H groups in total. The Morgan fingerprint density at radius 3 is 2.93 bits per heavy atom. The van der Waals surface area contributed by atoms with Gasteiger partial charge in [-0.3, -0.25) is 0 Å². The van der Waals surface area contributed by atoms with Gasteiger partial charge < -0.3 is 0 Å². The molecule has 1 atom stereocenters. The van der Waals surface area contributed by atoms with Crippen LogP contribution in [0.5, 0.6) is 0 Å². The molecule has 1 unspecified atom stereocenters. The molecule has 0 radical (unpaired) electrons. The Balaban J connectivity index is 2.07. The Hall–Kier alpha value is -0.670. The van der Waals surface area contributed by atoms with E-state index >= 15 is 0 Å². The summed E-state index contributed by atoms with van der Waals surface area (Å²) in [6, 6.07) is 4.28. The summed E-state index contributed by atoms with van der Waals surface area (Å²) in [6.07, 6.45) is 2.17. The molecule has 3 heteroatoms. The van der Waals surface area contributed by atoms with Crippen LogP contribution in [0.25, 0.3) is 0 Å². The van der Waals surface area contributed by atoms with Crippen molar-refractivity contribution in [2.75, 3.05) is 0 Å². The lowest BCUT2D eigenvalue weighted by molar-refractivity contribution is 0.710. The summed E-state index contributed by atoms with van der Waals surface area (Å²) in [5.41, 5.74) is 1.26. The van der Waals surface area contributed by atoms with Crippen LogP contribution < -0.4 is 0 Å². The topological polar surface area (TPSA) is 12.9 Å². The SMILES string of the molecule is CCC(C)c1csc(Cc2cccs2)n1. The van der Waals surface area contributed by atoms with Gasteiger partial charge >= 0.3 is 0 Å². The third-order valence-corrected chi connectivity index (χ3v) is 4.34. The molecule has 0 aliphatic rings. The van der Waals surface area contributed by atoms with Gasteiger partial charge in [0, 0.05) is 16.7 Å². The molecule has 0 amide bonds. The minimum atomic E-state index is 0.596. The van der Waals surface area contributed by atoms with Gasteiger partial charge in [0.25, 0.3) is 0 Å². The van der Waals surface area contributed by atoms with E-state index in [1.54, 1.807) is 11.3 Å². The molecule has 0 saturated heterocycles. The molecule has 0 fully saturated rings. The maximum absolute atomic E-state index is 4.68. The molecule has 1 nitrogen and oxygen atoms in total. The first-order valence-corrected chi connectivity index (χ1v) is 7.02. The highest BCUT2D eigenvalue weighted by molar-refractivity contribution is 7.11. The second-order valence-electron chi connectivity index (χ2n) is 3.73. The number of hydrogen-bond acceptors (Lipinski definition) is 3. The first-order valence-electron chi connectivity index (χ1n) is 5.26. The van der Waals surface area contributed by atoms with Crippen molar-refractivity contribution < 1.29 is 0 Å². The lowest BCUT2D eigenvalue weighted by atomic mass is 10.1. The van der Waals surface area contributed by atoms with Crippen molar-refractivity contribution in [3.63, 3.8) is 0 Å². The van der Waals surface area contributed by atoms with Crippen LogP contribution in [-0.4, -0.2) is 4.98 Å². The third-order valence-electron chi connectivity index (χ3n) is 2.59. The van der Waals surface area contributed by atoms with E-state index < -0.39 is 0 Å². The molecule has 0 aliphatic carbocycles. The highest BCUT2D eigenvalue weighted by Gasteiger charge is 2.08. The van der Waals surface area contributed by atoms with Crippen LogP contribution >= 0.6 is 22.7 Å². The summed E-state index contributed by atoms with van der Waals surface area (Å²) in [4.78, 5) is 6.08. The summed E-state index contributed by atoms with van der Waals surface area (Å²) in [5, 5.41) is 5.57. The summed E-state index contributed by atoms with van der Waals surface area (Å²) < 4.78 is 0. The predicted octanol–water partition coefficient (Wildman–Crippen LogP) is 4.31. The van der Waals surface area contributed by atoms with E-state index in [0.29, 0.717) is 5.92 Å². The zero-order valence-electron chi connectivity index (χ0n) is 9.06. The number of thiophene rings is 1. The fraction of sp³-hybridized carbons (Fsp3) is 0.417. The highest BCUT2D eigenvalue weighted by Crippen LogP contribution is 2.23. The van der Waals surface area contributed by atoms with Crippen LogP contribution in [0, 0.1) is 0 Å². The summed E-state index contributed by atoms with van der Waals surface area (Å²) in [5.74, 6) is 0.596. The van der Waals surface area contributed by atoms with E-state index in [2.05, 4.69) is 41.7 Å². The van der Waals surface area contributed by atoms with Crippen molar-refractivity contribution in [2.45, 2.75) is 32.6 Å². The fourth-order valence-electron chi connectivity index (χ4n) is 1.40. The molecular weight excluding hydrogens is 222 g/mol. The Morgan fingerprint density at radius 2 is 2.27 bits per heavy atom. The van der Waals surface area contributed by atoms with E-state index in [0.717, 1.165) is 6.42 Å². The van der Waals surface area contributed by atoms with E-state index in [1.807, 2.05) is 11.3 Å². The molecule has 2 rings (SSSR count). The van der Waals surface area contributed by atoms with Crippen molar-refractivity contribution in [2.24, 2.45) is 0 Å². The molecule has 80 valence electrons. The van der Waals surface area contributed by atoms with E-state index in [1.165, 1.54) is 22.0 Å². The maximum Gasteiger partial charge on any atom is 0.0980 e. The van der Waals surface area contributed by atoms with Crippen LogP contribution in [-0.2, 0) is 6.42 Å². The van der Waals surface area contributed by atoms with Gasteiger partial charge in [-0.25, -0.2) is 4.98 Å². The molecule has 0 spiro atoms. The van der Waals surface area contributed by atoms with Crippen LogP contribution in [0.4, 0.5) is 0 Å². The molecule has 0 bridgehead atoms. The van der Waals surface area contributed by atoms with Crippen molar-refractivity contribution in [1.29, 1.82) is 0 Å². The normalized spacial score (nSPS) is 12.9. The lowest BCUT2D eigenvalue weighted by Gasteiger charge is -2.02. The third kappa shape index (κ3) is 2.67. The highest BCUT2D eigenvalue weighted by atomic mass is 32.1. The summed E-state index contributed by atoms with van der Waals surface area (Å²) in [7, 11) is 0. The van der Waals surface area contributed by atoms with Crippen molar-refractivity contribution in [1.82, 2.24) is 4.98 Å². The first kappa shape index (κ1) is 10.8. The quantitative estimate of drug-likeness (QED) is 0.772. The molecular formula is C12H15NS2. The van der Waals surface area contributed by atoms with Crippen molar-refractivity contribution in [3.05, 3.63) is 38.5 Å². The fourth-order valence-corrected chi connectivity index (χ4v) is 3.14. The molecule has 2 heterocycles. The number of aromatic nitrogens is 1.